The third-order valence-electron chi connectivity index (χ3n) is 11.3. The molecule has 0 spiro atoms. The summed E-state index contributed by atoms with van der Waals surface area (Å²) in [5.74, 6) is -2.76. The number of aryl methyl sites for hydroxylation is 2. The van der Waals surface area contributed by atoms with E-state index in [4.69, 9.17) is 13.9 Å². The minimum atomic E-state index is -4.14. The van der Waals surface area contributed by atoms with Crippen molar-refractivity contribution in [2.75, 3.05) is 64.9 Å². The minimum Gasteiger partial charge on any atom is -0.490 e. The average Bonchev–Trinajstić information content (AvgIpc) is 3.87. The SMILES string of the molecule is COC[C@H]1CN(c2cc(C)c3c4c(c(=O)oc3c2C)CN(C(=O)c2cc(OC3CCCC3)c(C(=O)NS(=O)(=O)N3CCCC3)cc2F)CC4)CCN1C. The highest BCUT2D eigenvalue weighted by atomic mass is 32.2. The minimum absolute atomic E-state index is 0.0607. The Morgan fingerprint density at radius 3 is 2.43 bits per heavy atom. The van der Waals surface area contributed by atoms with E-state index < -0.39 is 33.5 Å². The third kappa shape index (κ3) is 7.28. The van der Waals surface area contributed by atoms with E-state index >= 15 is 4.39 Å². The van der Waals surface area contributed by atoms with Gasteiger partial charge in [-0.05, 0) is 95.2 Å². The normalized spacial score (nSPS) is 20.3. The number of fused-ring (bicyclic) bond motifs is 3. The molecule has 7 rings (SSSR count). The topological polar surface area (TPSA) is 142 Å². The Balaban J connectivity index is 1.17. The zero-order chi connectivity index (χ0) is 37.6. The first kappa shape index (κ1) is 37.3. The van der Waals surface area contributed by atoms with Crippen LogP contribution in [-0.2, 0) is 27.9 Å². The highest BCUT2D eigenvalue weighted by Crippen LogP contribution is 2.37. The average molecular weight is 754 g/mol. The van der Waals surface area contributed by atoms with E-state index in [1.807, 2.05) is 13.8 Å². The van der Waals surface area contributed by atoms with Gasteiger partial charge in [0.1, 0.15) is 17.1 Å². The van der Waals surface area contributed by atoms with Crippen molar-refractivity contribution in [3.05, 3.63) is 67.8 Å². The van der Waals surface area contributed by atoms with Crippen LogP contribution in [-0.4, -0.2) is 107 Å². The summed E-state index contributed by atoms with van der Waals surface area (Å²) in [7, 11) is -0.348. The van der Waals surface area contributed by atoms with Crippen molar-refractivity contribution in [2.45, 2.75) is 77.5 Å². The second-order valence-electron chi connectivity index (χ2n) is 14.8. The number of rotatable bonds is 9. The number of ether oxygens (including phenoxy) is 2. The van der Waals surface area contributed by atoms with Gasteiger partial charge < -0.3 is 23.7 Å². The molecule has 1 atom stereocenters. The molecule has 3 fully saturated rings. The fourth-order valence-corrected chi connectivity index (χ4v) is 9.52. The molecule has 1 N–H and O–H groups in total. The lowest BCUT2D eigenvalue weighted by Gasteiger charge is -2.41. The van der Waals surface area contributed by atoms with Gasteiger partial charge in [-0.3, -0.25) is 14.5 Å². The molecule has 0 unspecified atom stereocenters. The molecule has 0 radical (unpaired) electrons. The van der Waals surface area contributed by atoms with E-state index in [1.165, 1.54) is 15.3 Å². The summed E-state index contributed by atoms with van der Waals surface area (Å²) in [5.41, 5.74) is 3.36. The van der Waals surface area contributed by atoms with Crippen LogP contribution in [0.1, 0.15) is 81.5 Å². The van der Waals surface area contributed by atoms with E-state index in [-0.39, 0.29) is 55.2 Å². The van der Waals surface area contributed by atoms with Crippen LogP contribution in [0.5, 0.6) is 5.75 Å². The molecular weight excluding hydrogens is 706 g/mol. The number of halogens is 1. The summed E-state index contributed by atoms with van der Waals surface area (Å²) in [6.45, 7) is 7.75. The lowest BCUT2D eigenvalue weighted by atomic mass is 9.92. The molecule has 0 bridgehead atoms. The smallest absolute Gasteiger partial charge is 0.341 e. The summed E-state index contributed by atoms with van der Waals surface area (Å²) in [6, 6.07) is 4.42. The summed E-state index contributed by atoms with van der Waals surface area (Å²) in [6.07, 6.45) is 4.71. The Labute approximate surface area is 309 Å². The van der Waals surface area contributed by atoms with Crippen LogP contribution in [0.15, 0.2) is 27.4 Å². The number of piperazine rings is 1. The molecule has 3 aromatic rings. The van der Waals surface area contributed by atoms with Crippen molar-refractivity contribution < 1.29 is 36.3 Å². The fraction of sp³-hybridized carbons (Fsp3) is 0.553. The largest absolute Gasteiger partial charge is 0.490 e. The van der Waals surface area contributed by atoms with Gasteiger partial charge in [0.25, 0.3) is 11.8 Å². The molecular formula is C38H48FN5O8S. The standard InChI is InChI=1S/C38H48FN5O8S/c1-23-17-32(42-16-15-41(3)25(20-42)22-50-4)24(2)35-34(23)27-11-14-43(21-30(27)38(47)52-35)37(46)28-19-33(51-26-9-5-6-10-26)29(18-31(28)39)36(45)40-53(48,49)44-12-7-8-13-44/h17-19,25-26H,5-16,20-22H2,1-4H3,(H,40,45)/t25-/m1/s1. The molecule has 2 aromatic carbocycles. The Bertz CT molecular complexity index is 2090. The van der Waals surface area contributed by atoms with E-state index in [0.717, 1.165) is 66.3 Å². The van der Waals surface area contributed by atoms with Gasteiger partial charge in [0.15, 0.2) is 0 Å². The van der Waals surface area contributed by atoms with Crippen LogP contribution in [0.3, 0.4) is 0 Å². The van der Waals surface area contributed by atoms with Crippen LogP contribution < -0.4 is 20.0 Å². The number of likely N-dealkylation sites (N-methyl/N-ethyl adjacent to an activating group) is 1. The lowest BCUT2D eigenvalue weighted by Crippen LogP contribution is -2.53. The number of hydrogen-bond acceptors (Lipinski definition) is 10. The number of nitrogens with one attached hydrogen (secondary N) is 1. The number of anilines is 1. The van der Waals surface area contributed by atoms with Gasteiger partial charge in [-0.15, -0.1) is 0 Å². The number of nitrogens with zero attached hydrogens (tertiary/aromatic N) is 4. The Kier molecular flexibility index (Phi) is 10.5. The molecule has 4 aliphatic rings. The molecule has 2 saturated heterocycles. The number of amides is 2. The van der Waals surface area contributed by atoms with Crippen LogP contribution >= 0.6 is 0 Å². The summed E-state index contributed by atoms with van der Waals surface area (Å²) in [4.78, 5) is 46.9. The molecule has 2 amide bonds. The van der Waals surface area contributed by atoms with Gasteiger partial charge in [0, 0.05) is 63.0 Å². The van der Waals surface area contributed by atoms with Gasteiger partial charge in [-0.2, -0.15) is 12.7 Å². The zero-order valence-corrected chi connectivity index (χ0v) is 31.7. The van der Waals surface area contributed by atoms with E-state index in [2.05, 4.69) is 27.6 Å². The monoisotopic (exact) mass is 753 g/mol. The lowest BCUT2D eigenvalue weighted by molar-refractivity contribution is 0.0726. The summed E-state index contributed by atoms with van der Waals surface area (Å²) >= 11 is 0. The van der Waals surface area contributed by atoms with Crippen LogP contribution in [0, 0.1) is 19.7 Å². The molecule has 1 saturated carbocycles. The molecule has 3 aliphatic heterocycles. The highest BCUT2D eigenvalue weighted by molar-refractivity contribution is 7.87. The first-order chi connectivity index (χ1) is 25.4. The van der Waals surface area contributed by atoms with Crippen molar-refractivity contribution in [1.29, 1.82) is 0 Å². The first-order valence-electron chi connectivity index (χ1n) is 18.5. The van der Waals surface area contributed by atoms with Gasteiger partial charge >= 0.3 is 15.8 Å². The molecule has 4 heterocycles. The highest BCUT2D eigenvalue weighted by Gasteiger charge is 2.34. The number of carbonyl (C=O) groups is 2. The molecule has 286 valence electrons. The van der Waals surface area contributed by atoms with Gasteiger partial charge in [-0.1, -0.05) is 0 Å². The van der Waals surface area contributed by atoms with Gasteiger partial charge in [0.05, 0.1) is 42.0 Å². The van der Waals surface area contributed by atoms with E-state index in [1.54, 1.807) is 7.11 Å². The zero-order valence-electron chi connectivity index (χ0n) is 30.8. The van der Waals surface area contributed by atoms with Crippen molar-refractivity contribution in [1.82, 2.24) is 18.8 Å². The predicted molar refractivity (Wildman–Crippen MR) is 197 cm³/mol. The summed E-state index contributed by atoms with van der Waals surface area (Å²) in [5, 5.41) is 0.855. The van der Waals surface area contributed by atoms with E-state index in [0.29, 0.717) is 49.9 Å². The number of hydrogen-bond donors (Lipinski definition) is 1. The van der Waals surface area contributed by atoms with Gasteiger partial charge in [0.2, 0.25) is 0 Å². The number of methoxy groups -OCH3 is 1. The summed E-state index contributed by atoms with van der Waals surface area (Å²) < 4.78 is 62.5. The molecule has 53 heavy (non-hydrogen) atoms. The molecule has 15 heteroatoms. The first-order valence-corrected chi connectivity index (χ1v) is 19.9. The van der Waals surface area contributed by atoms with Crippen molar-refractivity contribution in [3.8, 4) is 5.75 Å². The van der Waals surface area contributed by atoms with Crippen molar-refractivity contribution >= 4 is 38.7 Å². The van der Waals surface area contributed by atoms with E-state index in [9.17, 15) is 22.8 Å². The second kappa shape index (κ2) is 15.0. The van der Waals surface area contributed by atoms with Crippen molar-refractivity contribution in [2.24, 2.45) is 0 Å². The quantitative estimate of drug-likeness (QED) is 0.320. The second-order valence-corrected chi connectivity index (χ2v) is 16.5. The number of benzene rings is 2. The Morgan fingerprint density at radius 1 is 0.981 bits per heavy atom. The Morgan fingerprint density at radius 2 is 1.72 bits per heavy atom. The Hall–Kier alpha value is -4.05. The van der Waals surface area contributed by atoms with Crippen LogP contribution in [0.2, 0.25) is 0 Å². The van der Waals surface area contributed by atoms with Crippen molar-refractivity contribution in [3.63, 3.8) is 0 Å². The molecule has 13 nitrogen and oxygen atoms in total. The fourth-order valence-electron chi connectivity index (χ4n) is 8.30. The molecule has 1 aliphatic carbocycles. The maximum absolute atomic E-state index is 15.9. The van der Waals surface area contributed by atoms with Crippen LogP contribution in [0.4, 0.5) is 10.1 Å². The predicted octanol–water partition coefficient (Wildman–Crippen LogP) is 3.91. The van der Waals surface area contributed by atoms with Crippen LogP contribution in [0.25, 0.3) is 11.0 Å². The molecule has 1 aromatic heterocycles. The third-order valence-corrected chi connectivity index (χ3v) is 12.8. The van der Waals surface area contributed by atoms with Gasteiger partial charge in [-0.25, -0.2) is 13.9 Å². The number of carbonyl (C=O) groups excluding carboxylic acids is 2. The maximum atomic E-state index is 15.9. The maximum Gasteiger partial charge on any atom is 0.341 e.